The third kappa shape index (κ3) is 13.6. The fourth-order valence-electron chi connectivity index (χ4n) is 18.2. The Morgan fingerprint density at radius 1 is 0.543 bits per heavy atom. The lowest BCUT2D eigenvalue weighted by molar-refractivity contribution is -0.405. The van der Waals surface area contributed by atoms with E-state index in [2.05, 4.69) is 13.8 Å². The highest BCUT2D eigenvalue weighted by atomic mass is 19.4. The van der Waals surface area contributed by atoms with Crippen molar-refractivity contribution in [1.82, 2.24) is 0 Å². The monoisotopic (exact) mass is 1370 g/mol. The third-order valence-corrected chi connectivity index (χ3v) is 24.9. The van der Waals surface area contributed by atoms with Gasteiger partial charge in [-0.1, -0.05) is 34.6 Å². The van der Waals surface area contributed by atoms with E-state index < -0.39 is 119 Å². The standard InChI is InChI=1S/C20H32O2.C18H22F12O4.C16H26O4.C13H18O5/c1-5-19(3,4)18(21)22-20(6-2)11-14-10-15(20)17-13-8-7-12(9-13)16(14)17;1-4-12(2,3)11(31)34-10-6-8(13(32,15(19,20)21)16(22,23)24)5-9(7-10)14(33,17(25,26)27)18(28,29)30;1-3-14(2,10-17)13(18)20-16-7-11-4-12(8-16)6-15(19,5-11)9-16;1-4-13(2,3)12(15)18-9-7-5-6-8(16-7)10(9)17-11(6)14/h12-17H,5-11H2,1-4H3;8-10,32-33H,4-7H2,1-3H3;11-12,17,19H,3-10H2,1-2H3;6-10H,4-5H2,1-3H3. The summed E-state index contributed by atoms with van der Waals surface area (Å²) in [6, 6.07) is 0. The first kappa shape index (κ1) is 76.1. The molecule has 3 heterocycles. The predicted octanol–water partition coefficient (Wildman–Crippen LogP) is 13.3. The predicted molar refractivity (Wildman–Crippen MR) is 311 cm³/mol. The molecule has 17 unspecified atom stereocenters. The molecule has 0 aromatic rings. The molecule has 10 bridgehead atoms. The van der Waals surface area contributed by atoms with Gasteiger partial charge in [0.15, 0.2) is 12.2 Å². The molecule has 540 valence electrons. The highest BCUT2D eigenvalue weighted by Crippen LogP contribution is 2.71. The summed E-state index contributed by atoms with van der Waals surface area (Å²) in [5.74, 6) is -2.56. The second kappa shape index (κ2) is 25.8. The van der Waals surface area contributed by atoms with Gasteiger partial charge in [0.1, 0.15) is 23.4 Å². The van der Waals surface area contributed by atoms with Crippen LogP contribution in [0.1, 0.15) is 212 Å². The number of ether oxygens (including phenoxy) is 6. The fourth-order valence-corrected chi connectivity index (χ4v) is 18.2. The first-order chi connectivity index (χ1) is 42.9. The summed E-state index contributed by atoms with van der Waals surface area (Å²) in [6.45, 7) is 21.3. The molecule has 0 amide bonds. The van der Waals surface area contributed by atoms with Gasteiger partial charge in [-0.2, -0.15) is 52.7 Å². The van der Waals surface area contributed by atoms with Crippen LogP contribution in [-0.2, 0) is 52.4 Å². The molecule has 17 atom stereocenters. The molecule has 0 aromatic heterocycles. The molecule has 0 radical (unpaired) electrons. The highest BCUT2D eigenvalue weighted by Gasteiger charge is 2.79. The largest absolute Gasteiger partial charge is 0.462 e. The first-order valence-corrected chi connectivity index (χ1v) is 33.7. The summed E-state index contributed by atoms with van der Waals surface area (Å²) >= 11 is 0. The topological polar surface area (TPSA) is 222 Å². The van der Waals surface area contributed by atoms with E-state index in [0.717, 1.165) is 74.5 Å². The van der Waals surface area contributed by atoms with Crippen molar-refractivity contribution in [3.05, 3.63) is 0 Å². The molecule has 12 rings (SSSR count). The summed E-state index contributed by atoms with van der Waals surface area (Å²) in [5, 5.41) is 39.4. The zero-order valence-corrected chi connectivity index (χ0v) is 55.9. The van der Waals surface area contributed by atoms with Gasteiger partial charge in [-0.05, 0) is 212 Å². The van der Waals surface area contributed by atoms with Crippen molar-refractivity contribution in [3.63, 3.8) is 0 Å². The zero-order chi connectivity index (χ0) is 70.7. The van der Waals surface area contributed by atoms with Crippen LogP contribution in [0.4, 0.5) is 52.7 Å². The molecule has 15 nitrogen and oxygen atoms in total. The van der Waals surface area contributed by atoms with E-state index in [4.69, 9.17) is 28.4 Å². The number of carbonyl (C=O) groups is 5. The normalized spacial score (nSPS) is 37.6. The highest BCUT2D eigenvalue weighted by molar-refractivity contribution is 5.79. The molecular formula is C67H98F12O15. The maximum Gasteiger partial charge on any atom is 0.426 e. The van der Waals surface area contributed by atoms with Gasteiger partial charge < -0.3 is 48.8 Å². The van der Waals surface area contributed by atoms with Crippen molar-refractivity contribution < 1.29 is 126 Å². The summed E-state index contributed by atoms with van der Waals surface area (Å²) in [6.07, 6.45) is -19.2. The number of hydrogen-bond donors (Lipinski definition) is 4. The molecular weight excluding hydrogens is 1270 g/mol. The lowest BCUT2D eigenvalue weighted by Gasteiger charge is -2.59. The summed E-state index contributed by atoms with van der Waals surface area (Å²) in [5.41, 5.74) is -15.8. The average Bonchev–Trinajstić information content (AvgIpc) is 1.43. The van der Waals surface area contributed by atoms with Gasteiger partial charge in [-0.15, -0.1) is 0 Å². The van der Waals surface area contributed by atoms with E-state index in [9.17, 15) is 97.1 Å². The maximum absolute atomic E-state index is 13.3. The van der Waals surface area contributed by atoms with Crippen LogP contribution < -0.4 is 0 Å². The first-order valence-electron chi connectivity index (χ1n) is 33.7. The molecule has 4 N–H and O–H groups in total. The van der Waals surface area contributed by atoms with Gasteiger partial charge in [-0.25, -0.2) is 0 Å². The van der Waals surface area contributed by atoms with Crippen molar-refractivity contribution in [2.45, 2.75) is 295 Å². The Morgan fingerprint density at radius 2 is 1.02 bits per heavy atom. The Hall–Kier alpha value is -3.69. The summed E-state index contributed by atoms with van der Waals surface area (Å²) < 4.78 is 193. The minimum Gasteiger partial charge on any atom is -0.462 e. The summed E-state index contributed by atoms with van der Waals surface area (Å²) in [4.78, 5) is 61.0. The summed E-state index contributed by atoms with van der Waals surface area (Å²) in [7, 11) is 0. The second-order valence-electron chi connectivity index (χ2n) is 32.0. The smallest absolute Gasteiger partial charge is 0.426 e. The van der Waals surface area contributed by atoms with Crippen molar-refractivity contribution in [3.8, 4) is 0 Å². The number of fused-ring (bicyclic) bond motifs is 10. The number of alkyl halides is 12. The molecule has 0 spiro atoms. The van der Waals surface area contributed by atoms with Gasteiger partial charge in [0.2, 0.25) is 0 Å². The molecule has 12 aliphatic rings. The zero-order valence-electron chi connectivity index (χ0n) is 55.9. The van der Waals surface area contributed by atoms with Crippen LogP contribution in [0.3, 0.4) is 0 Å². The van der Waals surface area contributed by atoms with Crippen LogP contribution in [0.2, 0.25) is 0 Å². The number of hydrogen-bond acceptors (Lipinski definition) is 15. The second-order valence-corrected chi connectivity index (χ2v) is 32.0. The molecule has 9 saturated carbocycles. The van der Waals surface area contributed by atoms with Crippen molar-refractivity contribution in [2.24, 2.45) is 86.8 Å². The molecule has 0 aromatic carbocycles. The quantitative estimate of drug-likeness (QED) is 0.0488. The molecule has 94 heavy (non-hydrogen) atoms. The Balaban J connectivity index is 0.000000165. The minimum atomic E-state index is -6.58. The fraction of sp³-hybridized carbons (Fsp3) is 0.925. The van der Waals surface area contributed by atoms with Crippen LogP contribution in [0.15, 0.2) is 0 Å². The molecule has 3 saturated heterocycles. The Morgan fingerprint density at radius 3 is 1.47 bits per heavy atom. The van der Waals surface area contributed by atoms with Crippen molar-refractivity contribution in [2.75, 3.05) is 6.61 Å². The van der Waals surface area contributed by atoms with Gasteiger partial charge in [0, 0.05) is 24.2 Å². The lowest BCUT2D eigenvalue weighted by Crippen LogP contribution is -2.67. The Bertz CT molecular complexity index is 2690. The Kier molecular flexibility index (Phi) is 20.9. The lowest BCUT2D eigenvalue weighted by atomic mass is 9.52. The number of aliphatic hydroxyl groups is 4. The van der Waals surface area contributed by atoms with Gasteiger partial charge in [0.05, 0.1) is 45.9 Å². The van der Waals surface area contributed by atoms with E-state index >= 15 is 0 Å². The minimum absolute atomic E-state index is 0.0184. The van der Waals surface area contributed by atoms with E-state index in [1.165, 1.54) is 52.9 Å². The van der Waals surface area contributed by atoms with E-state index in [1.807, 2.05) is 41.5 Å². The van der Waals surface area contributed by atoms with Crippen LogP contribution in [0, 0.1) is 86.8 Å². The van der Waals surface area contributed by atoms with Gasteiger partial charge in [-0.3, -0.25) is 24.0 Å². The average molecular weight is 1370 g/mol. The number of halogens is 12. The number of aliphatic hydroxyl groups excluding tert-OH is 1. The van der Waals surface area contributed by atoms with E-state index in [1.54, 1.807) is 6.92 Å². The third-order valence-electron chi connectivity index (χ3n) is 24.9. The molecule has 27 heteroatoms. The van der Waals surface area contributed by atoms with Crippen LogP contribution >= 0.6 is 0 Å². The van der Waals surface area contributed by atoms with Crippen LogP contribution in [0.25, 0.3) is 0 Å². The van der Waals surface area contributed by atoms with Crippen LogP contribution in [0.5, 0.6) is 0 Å². The van der Waals surface area contributed by atoms with Crippen molar-refractivity contribution in [1.29, 1.82) is 0 Å². The number of rotatable bonds is 16. The maximum atomic E-state index is 13.3. The van der Waals surface area contributed by atoms with Gasteiger partial charge >= 0.3 is 54.6 Å². The van der Waals surface area contributed by atoms with E-state index in [-0.39, 0.29) is 66.0 Å². The number of esters is 5. The number of carbonyl (C=O) groups excluding carboxylic acids is 5. The van der Waals surface area contributed by atoms with Gasteiger partial charge in [0.25, 0.3) is 11.2 Å². The SMILES string of the molecule is CCC(C)(C)C(=O)OC1(CC)CC2CC1C1C3CCC(C3)C21.CCC(C)(C)C(=O)OC1C2CC3C(=O)OC1C3O2.CCC(C)(C)C(=O)OC1CC(C(O)(C(F)(F)F)C(F)(F)F)CC(C(O)(C(F)(F)F)C(F)(F)F)C1.CCC(C)(CO)C(=O)OC12CC3CC(CC(O)(C3)C1)C2. The molecule has 3 aliphatic heterocycles. The van der Waals surface area contributed by atoms with E-state index in [0.29, 0.717) is 43.4 Å². The molecule has 9 aliphatic carbocycles. The van der Waals surface area contributed by atoms with Crippen molar-refractivity contribution >= 4 is 29.8 Å². The molecule has 12 fully saturated rings. The Labute approximate surface area is 541 Å². The van der Waals surface area contributed by atoms with Crippen LogP contribution in [-0.4, -0.2) is 140 Å².